The van der Waals surface area contributed by atoms with Crippen LogP contribution in [0.2, 0.25) is 0 Å². The predicted octanol–water partition coefficient (Wildman–Crippen LogP) is 4.48. The second-order valence-electron chi connectivity index (χ2n) is 8.09. The fourth-order valence-electron chi connectivity index (χ4n) is 2.99. The van der Waals surface area contributed by atoms with Crippen molar-refractivity contribution < 1.29 is 14.3 Å². The van der Waals surface area contributed by atoms with Crippen LogP contribution in [-0.2, 0) is 9.53 Å². The average molecular weight is 441 g/mol. The molecule has 0 saturated heterocycles. The van der Waals surface area contributed by atoms with Crippen LogP contribution < -0.4 is 16.0 Å². The van der Waals surface area contributed by atoms with Crippen molar-refractivity contribution in [3.05, 3.63) is 60.2 Å². The summed E-state index contributed by atoms with van der Waals surface area (Å²) in [6.45, 7) is 6.48. The molecule has 164 valence electrons. The lowest BCUT2D eigenvalue weighted by Crippen LogP contribution is -2.42. The van der Waals surface area contributed by atoms with Crippen molar-refractivity contribution in [3.8, 4) is 0 Å². The van der Waals surface area contributed by atoms with E-state index in [4.69, 9.17) is 4.74 Å². The topological polar surface area (TPSA) is 92.3 Å². The summed E-state index contributed by atoms with van der Waals surface area (Å²) in [5.74, 6) is 0.580. The van der Waals surface area contributed by atoms with Crippen LogP contribution in [0.4, 0.5) is 10.6 Å². The van der Waals surface area contributed by atoms with Crippen LogP contribution in [0, 0.1) is 0 Å². The molecule has 0 aliphatic heterocycles. The van der Waals surface area contributed by atoms with Gasteiger partial charge in [-0.1, -0.05) is 42.5 Å². The Labute approximate surface area is 186 Å². The van der Waals surface area contributed by atoms with Gasteiger partial charge in [-0.15, -0.1) is 0 Å². The maximum absolute atomic E-state index is 12.8. The molecule has 0 radical (unpaired) electrons. The highest BCUT2D eigenvalue weighted by atomic mass is 32.1. The van der Waals surface area contributed by atoms with Crippen LogP contribution in [-0.4, -0.2) is 35.1 Å². The van der Waals surface area contributed by atoms with Gasteiger partial charge in [0.15, 0.2) is 0 Å². The molecular formula is C23H28N4O3S. The molecule has 0 spiro atoms. The SMILES string of the molecule is CC(C)(C)OC(=O)N[C@H](C(=O)NCCCNc1nsc2ccccc12)c1ccccc1. The zero-order chi connectivity index (χ0) is 22.3. The minimum absolute atomic E-state index is 0.281. The fourth-order valence-corrected chi connectivity index (χ4v) is 3.75. The van der Waals surface area contributed by atoms with E-state index in [1.807, 2.05) is 42.5 Å². The third-order valence-corrected chi connectivity index (χ3v) is 5.21. The highest BCUT2D eigenvalue weighted by Gasteiger charge is 2.25. The predicted molar refractivity (Wildman–Crippen MR) is 124 cm³/mol. The molecule has 0 saturated carbocycles. The third-order valence-electron chi connectivity index (χ3n) is 4.38. The molecule has 3 aromatic rings. The van der Waals surface area contributed by atoms with Crippen molar-refractivity contribution in [1.29, 1.82) is 0 Å². The number of carbonyl (C=O) groups excluding carboxylic acids is 2. The number of hydrogen-bond acceptors (Lipinski definition) is 6. The Morgan fingerprint density at radius 3 is 2.48 bits per heavy atom. The molecule has 0 aliphatic rings. The summed E-state index contributed by atoms with van der Waals surface area (Å²) in [5, 5.41) is 9.99. The van der Waals surface area contributed by atoms with E-state index in [2.05, 4.69) is 20.3 Å². The first-order valence-electron chi connectivity index (χ1n) is 10.2. The van der Waals surface area contributed by atoms with Crippen LogP contribution in [0.1, 0.15) is 38.8 Å². The quantitative estimate of drug-likeness (QED) is 0.449. The monoisotopic (exact) mass is 440 g/mol. The number of alkyl carbamates (subject to hydrolysis) is 1. The molecule has 7 nitrogen and oxygen atoms in total. The molecule has 1 heterocycles. The minimum atomic E-state index is -0.827. The number of benzene rings is 2. The van der Waals surface area contributed by atoms with Crippen LogP contribution in [0.15, 0.2) is 54.6 Å². The molecule has 0 aliphatic carbocycles. The van der Waals surface area contributed by atoms with E-state index in [1.54, 1.807) is 32.9 Å². The van der Waals surface area contributed by atoms with Crippen molar-refractivity contribution in [2.45, 2.75) is 38.8 Å². The maximum atomic E-state index is 12.8. The van der Waals surface area contributed by atoms with Crippen molar-refractivity contribution >= 4 is 39.4 Å². The molecule has 0 fully saturated rings. The molecule has 0 bridgehead atoms. The van der Waals surface area contributed by atoms with Gasteiger partial charge in [0.1, 0.15) is 17.5 Å². The van der Waals surface area contributed by atoms with E-state index < -0.39 is 17.7 Å². The molecule has 2 amide bonds. The molecular weight excluding hydrogens is 412 g/mol. The standard InChI is InChI=1S/C23H28N4O3S/c1-23(2,3)30-22(29)26-19(16-10-5-4-6-11-16)21(28)25-15-9-14-24-20-17-12-7-8-13-18(17)31-27-20/h4-8,10-13,19H,9,14-15H2,1-3H3,(H,24,27)(H,25,28)(H,26,29)/t19-/m0/s1. The Kier molecular flexibility index (Phi) is 7.46. The van der Waals surface area contributed by atoms with Gasteiger partial charge in [0, 0.05) is 18.5 Å². The Hall–Kier alpha value is -3.13. The van der Waals surface area contributed by atoms with Crippen LogP contribution >= 0.6 is 11.5 Å². The number of nitrogens with one attached hydrogen (secondary N) is 3. The van der Waals surface area contributed by atoms with E-state index in [0.717, 1.165) is 15.9 Å². The van der Waals surface area contributed by atoms with Crippen LogP contribution in [0.5, 0.6) is 0 Å². The first-order chi connectivity index (χ1) is 14.8. The summed E-state index contributed by atoms with van der Waals surface area (Å²) in [7, 11) is 0. The number of ether oxygens (including phenoxy) is 1. The first kappa shape index (κ1) is 22.6. The Morgan fingerprint density at radius 1 is 1.03 bits per heavy atom. The summed E-state index contributed by atoms with van der Waals surface area (Å²) < 4.78 is 10.9. The van der Waals surface area contributed by atoms with Gasteiger partial charge in [-0.25, -0.2) is 4.79 Å². The molecule has 1 aromatic heterocycles. The van der Waals surface area contributed by atoms with Gasteiger partial charge in [0.25, 0.3) is 0 Å². The molecule has 8 heteroatoms. The molecule has 2 aromatic carbocycles. The summed E-state index contributed by atoms with van der Waals surface area (Å²) in [5.41, 5.74) is 0.0470. The fraction of sp³-hybridized carbons (Fsp3) is 0.348. The summed E-state index contributed by atoms with van der Waals surface area (Å²) in [6.07, 6.45) is 0.0829. The summed E-state index contributed by atoms with van der Waals surface area (Å²) in [4.78, 5) is 25.0. The van der Waals surface area contributed by atoms with Crippen molar-refractivity contribution in [1.82, 2.24) is 15.0 Å². The number of rotatable bonds is 8. The average Bonchev–Trinajstić information content (AvgIpc) is 3.14. The molecule has 1 atom stereocenters. The normalized spacial score (nSPS) is 12.2. The minimum Gasteiger partial charge on any atom is -0.444 e. The second kappa shape index (κ2) is 10.3. The largest absolute Gasteiger partial charge is 0.444 e. The Balaban J connectivity index is 1.52. The van der Waals surface area contributed by atoms with Crippen LogP contribution in [0.25, 0.3) is 10.1 Å². The van der Waals surface area contributed by atoms with E-state index in [0.29, 0.717) is 25.1 Å². The van der Waals surface area contributed by atoms with Crippen molar-refractivity contribution in [3.63, 3.8) is 0 Å². The van der Waals surface area contributed by atoms with E-state index in [9.17, 15) is 9.59 Å². The van der Waals surface area contributed by atoms with Gasteiger partial charge in [-0.3, -0.25) is 4.79 Å². The zero-order valence-electron chi connectivity index (χ0n) is 18.0. The van der Waals surface area contributed by atoms with Gasteiger partial charge >= 0.3 is 6.09 Å². The number of nitrogens with zero attached hydrogens (tertiary/aromatic N) is 1. The lowest BCUT2D eigenvalue weighted by molar-refractivity contribution is -0.123. The highest BCUT2D eigenvalue weighted by Crippen LogP contribution is 2.25. The van der Waals surface area contributed by atoms with Gasteiger partial charge in [0.2, 0.25) is 5.91 Å². The number of anilines is 1. The molecule has 3 rings (SSSR count). The van der Waals surface area contributed by atoms with Gasteiger partial charge in [-0.05, 0) is 56.4 Å². The van der Waals surface area contributed by atoms with E-state index >= 15 is 0 Å². The van der Waals surface area contributed by atoms with Crippen LogP contribution in [0.3, 0.4) is 0 Å². The number of hydrogen-bond donors (Lipinski definition) is 3. The smallest absolute Gasteiger partial charge is 0.408 e. The lowest BCUT2D eigenvalue weighted by atomic mass is 10.1. The molecule has 3 N–H and O–H groups in total. The zero-order valence-corrected chi connectivity index (χ0v) is 18.8. The summed E-state index contributed by atoms with van der Waals surface area (Å²) >= 11 is 1.46. The highest BCUT2D eigenvalue weighted by molar-refractivity contribution is 7.13. The van der Waals surface area contributed by atoms with E-state index in [-0.39, 0.29) is 5.91 Å². The number of fused-ring (bicyclic) bond motifs is 1. The summed E-state index contributed by atoms with van der Waals surface area (Å²) in [6, 6.07) is 16.4. The molecule has 0 unspecified atom stereocenters. The van der Waals surface area contributed by atoms with E-state index in [1.165, 1.54) is 11.5 Å². The van der Waals surface area contributed by atoms with Gasteiger partial charge < -0.3 is 20.7 Å². The van der Waals surface area contributed by atoms with Gasteiger partial charge in [0.05, 0.1) is 4.70 Å². The number of amides is 2. The third kappa shape index (κ3) is 6.68. The van der Waals surface area contributed by atoms with Crippen molar-refractivity contribution in [2.24, 2.45) is 0 Å². The Morgan fingerprint density at radius 2 is 1.74 bits per heavy atom. The maximum Gasteiger partial charge on any atom is 0.408 e. The van der Waals surface area contributed by atoms with Gasteiger partial charge in [-0.2, -0.15) is 4.37 Å². The Bertz CT molecular complexity index is 1010. The number of aromatic nitrogens is 1. The lowest BCUT2D eigenvalue weighted by Gasteiger charge is -2.23. The first-order valence-corrected chi connectivity index (χ1v) is 11.0. The molecule has 31 heavy (non-hydrogen) atoms. The number of carbonyl (C=O) groups is 2. The second-order valence-corrected chi connectivity index (χ2v) is 8.89. The van der Waals surface area contributed by atoms with Crippen molar-refractivity contribution in [2.75, 3.05) is 18.4 Å².